The van der Waals surface area contributed by atoms with Crippen LogP contribution in [0.25, 0.3) is 43.6 Å². The molecule has 4 heterocycles. The van der Waals surface area contributed by atoms with Gasteiger partial charge in [-0.05, 0) is 46.9 Å². The summed E-state index contributed by atoms with van der Waals surface area (Å²) in [5.41, 5.74) is 3.06. The molecule has 9 heteroatoms. The van der Waals surface area contributed by atoms with E-state index in [4.69, 9.17) is 16.6 Å². The summed E-state index contributed by atoms with van der Waals surface area (Å²) in [4.78, 5) is 32.2. The molecule has 0 aliphatic heterocycles. The van der Waals surface area contributed by atoms with Crippen LogP contribution in [-0.2, 0) is 0 Å². The SMILES string of the molecule is O=c1ccc2c(-c3nc(-c4ccc(Cl)cc4I)c(-c4ncc[nH]4)s3)ccnc2[nH]1. The fourth-order valence-electron chi connectivity index (χ4n) is 3.09. The van der Waals surface area contributed by atoms with Gasteiger partial charge in [-0.2, -0.15) is 0 Å². The monoisotopic (exact) mass is 531 g/mol. The summed E-state index contributed by atoms with van der Waals surface area (Å²) in [6.45, 7) is 0. The molecule has 0 atom stereocenters. The van der Waals surface area contributed by atoms with E-state index in [1.165, 1.54) is 17.4 Å². The smallest absolute Gasteiger partial charge is 0.249 e. The van der Waals surface area contributed by atoms with Gasteiger partial charge < -0.3 is 9.97 Å². The molecule has 142 valence electrons. The van der Waals surface area contributed by atoms with E-state index in [2.05, 4.69) is 42.5 Å². The summed E-state index contributed by atoms with van der Waals surface area (Å²) < 4.78 is 1.00. The number of nitrogens with zero attached hydrogens (tertiary/aromatic N) is 3. The Morgan fingerprint density at radius 1 is 1.03 bits per heavy atom. The van der Waals surface area contributed by atoms with Crippen LogP contribution in [0.15, 0.2) is 59.8 Å². The van der Waals surface area contributed by atoms with Gasteiger partial charge in [0, 0.05) is 49.8 Å². The van der Waals surface area contributed by atoms with Crippen LogP contribution in [0, 0.1) is 3.57 Å². The lowest BCUT2D eigenvalue weighted by Gasteiger charge is -2.04. The molecule has 5 rings (SSSR count). The van der Waals surface area contributed by atoms with Gasteiger partial charge in [-0.25, -0.2) is 15.0 Å². The predicted octanol–water partition coefficient (Wildman–Crippen LogP) is 5.36. The third-order valence-corrected chi connectivity index (χ3v) is 6.61. The number of nitrogens with one attached hydrogen (secondary N) is 2. The van der Waals surface area contributed by atoms with Crippen molar-refractivity contribution in [3.63, 3.8) is 0 Å². The van der Waals surface area contributed by atoms with Crippen molar-refractivity contribution in [3.8, 4) is 32.5 Å². The molecule has 29 heavy (non-hydrogen) atoms. The molecule has 0 spiro atoms. The summed E-state index contributed by atoms with van der Waals surface area (Å²) >= 11 is 9.95. The van der Waals surface area contributed by atoms with Gasteiger partial charge >= 0.3 is 0 Å². The van der Waals surface area contributed by atoms with Crippen molar-refractivity contribution < 1.29 is 0 Å². The second-order valence-corrected chi connectivity index (χ2v) is 8.80. The van der Waals surface area contributed by atoms with E-state index < -0.39 is 0 Å². The topological polar surface area (TPSA) is 87.3 Å². The van der Waals surface area contributed by atoms with Crippen LogP contribution in [0.3, 0.4) is 0 Å². The molecule has 0 saturated carbocycles. The van der Waals surface area contributed by atoms with Gasteiger partial charge in [-0.15, -0.1) is 11.3 Å². The molecule has 2 N–H and O–H groups in total. The molecule has 0 aliphatic rings. The Labute approximate surface area is 187 Å². The van der Waals surface area contributed by atoms with Crippen LogP contribution in [0.5, 0.6) is 0 Å². The molecule has 0 bridgehead atoms. The van der Waals surface area contributed by atoms with Gasteiger partial charge in [0.05, 0.1) is 10.6 Å². The largest absolute Gasteiger partial charge is 0.344 e. The second-order valence-electron chi connectivity index (χ2n) is 6.20. The van der Waals surface area contributed by atoms with Gasteiger partial charge in [0.15, 0.2) is 0 Å². The summed E-state index contributed by atoms with van der Waals surface area (Å²) in [5, 5.41) is 2.33. The summed E-state index contributed by atoms with van der Waals surface area (Å²) in [6.07, 6.45) is 5.18. The third kappa shape index (κ3) is 3.37. The van der Waals surface area contributed by atoms with Crippen LogP contribution in [-0.4, -0.2) is 24.9 Å². The first-order chi connectivity index (χ1) is 14.1. The number of aromatic amines is 2. The van der Waals surface area contributed by atoms with Crippen molar-refractivity contribution in [1.29, 1.82) is 0 Å². The lowest BCUT2D eigenvalue weighted by Crippen LogP contribution is -2.03. The van der Waals surface area contributed by atoms with E-state index in [1.807, 2.05) is 24.3 Å². The average molecular weight is 532 g/mol. The molecule has 4 aromatic heterocycles. The Hall–Kier alpha value is -2.56. The van der Waals surface area contributed by atoms with E-state index in [9.17, 15) is 4.79 Å². The predicted molar refractivity (Wildman–Crippen MR) is 124 cm³/mol. The molecular formula is C20H11ClIN5OS. The number of H-pyrrole nitrogens is 2. The molecule has 0 saturated heterocycles. The number of aromatic nitrogens is 5. The van der Waals surface area contributed by atoms with Gasteiger partial charge in [0.25, 0.3) is 0 Å². The number of halogens is 2. The van der Waals surface area contributed by atoms with Gasteiger partial charge in [-0.1, -0.05) is 17.7 Å². The molecule has 6 nitrogen and oxygen atoms in total. The minimum Gasteiger partial charge on any atom is -0.344 e. The summed E-state index contributed by atoms with van der Waals surface area (Å²) in [6, 6.07) is 10.9. The van der Waals surface area contributed by atoms with E-state index in [1.54, 1.807) is 24.7 Å². The third-order valence-electron chi connectivity index (χ3n) is 4.39. The molecular weight excluding hydrogens is 521 g/mol. The Morgan fingerprint density at radius 3 is 2.72 bits per heavy atom. The van der Waals surface area contributed by atoms with Crippen LogP contribution in [0.4, 0.5) is 0 Å². The normalized spacial score (nSPS) is 11.2. The van der Waals surface area contributed by atoms with Crippen molar-refractivity contribution in [2.45, 2.75) is 0 Å². The first-order valence-electron chi connectivity index (χ1n) is 8.54. The zero-order valence-electron chi connectivity index (χ0n) is 14.6. The van der Waals surface area contributed by atoms with Gasteiger partial charge in [-0.3, -0.25) is 4.79 Å². The number of fused-ring (bicyclic) bond motifs is 1. The van der Waals surface area contributed by atoms with E-state index in [0.29, 0.717) is 10.7 Å². The van der Waals surface area contributed by atoms with Crippen LogP contribution >= 0.6 is 45.5 Å². The maximum atomic E-state index is 11.7. The standard InChI is InChI=1S/C20H11ClIN5OS/c21-10-1-2-13(14(22)9-10)16-17(19-24-7-8-25-19)29-20(27-16)12-5-6-23-18-11(12)3-4-15(28)26-18/h1-9H,(H,24,25)(H,23,26,28). The highest BCUT2D eigenvalue weighted by Gasteiger charge is 2.20. The van der Waals surface area contributed by atoms with Crippen LogP contribution < -0.4 is 5.56 Å². The number of thiazole rings is 1. The molecule has 1 aromatic carbocycles. The quantitative estimate of drug-likeness (QED) is 0.307. The molecule has 0 radical (unpaired) electrons. The minimum absolute atomic E-state index is 0.186. The highest BCUT2D eigenvalue weighted by atomic mass is 127. The zero-order valence-corrected chi connectivity index (χ0v) is 18.3. The van der Waals surface area contributed by atoms with E-state index in [0.717, 1.165) is 41.5 Å². The highest BCUT2D eigenvalue weighted by molar-refractivity contribution is 14.1. The van der Waals surface area contributed by atoms with Gasteiger partial charge in [0.2, 0.25) is 5.56 Å². The van der Waals surface area contributed by atoms with Crippen molar-refractivity contribution in [2.24, 2.45) is 0 Å². The minimum atomic E-state index is -0.186. The zero-order chi connectivity index (χ0) is 20.0. The molecule has 5 aromatic rings. The molecule has 0 amide bonds. The fraction of sp³-hybridized carbons (Fsp3) is 0. The number of imidazole rings is 1. The fourth-order valence-corrected chi connectivity index (χ4v) is 5.30. The van der Waals surface area contributed by atoms with Gasteiger partial charge in [0.1, 0.15) is 16.5 Å². The molecule has 0 fully saturated rings. The van der Waals surface area contributed by atoms with Crippen molar-refractivity contribution in [1.82, 2.24) is 24.9 Å². The summed E-state index contributed by atoms with van der Waals surface area (Å²) in [7, 11) is 0. The maximum Gasteiger partial charge on any atom is 0.249 e. The second kappa shape index (κ2) is 7.36. The average Bonchev–Trinajstić information content (AvgIpc) is 3.37. The van der Waals surface area contributed by atoms with Crippen molar-refractivity contribution in [2.75, 3.05) is 0 Å². The number of hydrogen-bond acceptors (Lipinski definition) is 5. The lowest BCUT2D eigenvalue weighted by atomic mass is 10.1. The number of benzene rings is 1. The van der Waals surface area contributed by atoms with E-state index in [-0.39, 0.29) is 5.56 Å². The Balaban J connectivity index is 1.77. The molecule has 0 aliphatic carbocycles. The Bertz CT molecular complexity index is 1410. The number of hydrogen-bond donors (Lipinski definition) is 2. The van der Waals surface area contributed by atoms with Crippen LogP contribution in [0.1, 0.15) is 0 Å². The number of pyridine rings is 2. The lowest BCUT2D eigenvalue weighted by molar-refractivity contribution is 1.23. The highest BCUT2D eigenvalue weighted by Crippen LogP contribution is 2.42. The Morgan fingerprint density at radius 2 is 1.93 bits per heavy atom. The van der Waals surface area contributed by atoms with Crippen LogP contribution in [0.2, 0.25) is 5.02 Å². The van der Waals surface area contributed by atoms with E-state index >= 15 is 0 Å². The maximum absolute atomic E-state index is 11.7. The first kappa shape index (κ1) is 18.5. The summed E-state index contributed by atoms with van der Waals surface area (Å²) in [5.74, 6) is 0.751. The number of rotatable bonds is 3. The first-order valence-corrected chi connectivity index (χ1v) is 10.8. The molecule has 0 unspecified atom stereocenters. The van der Waals surface area contributed by atoms with Crippen molar-refractivity contribution >= 4 is 56.6 Å². The Kier molecular flexibility index (Phi) is 4.69. The van der Waals surface area contributed by atoms with Crippen molar-refractivity contribution in [3.05, 3.63) is 73.9 Å².